The SMILES string of the molecule is Cn1cccc1CN1CCCC1CO. The van der Waals surface area contributed by atoms with Gasteiger partial charge in [0.2, 0.25) is 0 Å². The van der Waals surface area contributed by atoms with E-state index in [1.165, 1.54) is 12.1 Å². The molecule has 1 saturated heterocycles. The van der Waals surface area contributed by atoms with Crippen molar-refractivity contribution >= 4 is 0 Å². The Morgan fingerprint density at radius 3 is 3.07 bits per heavy atom. The third-order valence-corrected chi connectivity index (χ3v) is 3.13. The molecule has 2 rings (SSSR count). The zero-order valence-corrected chi connectivity index (χ0v) is 8.69. The van der Waals surface area contributed by atoms with E-state index in [1.807, 2.05) is 0 Å². The number of aliphatic hydroxyl groups is 1. The van der Waals surface area contributed by atoms with E-state index in [9.17, 15) is 5.11 Å². The van der Waals surface area contributed by atoms with Gasteiger partial charge in [0.1, 0.15) is 0 Å². The average molecular weight is 194 g/mol. The van der Waals surface area contributed by atoms with E-state index in [1.54, 1.807) is 0 Å². The summed E-state index contributed by atoms with van der Waals surface area (Å²) in [6.07, 6.45) is 4.43. The fourth-order valence-corrected chi connectivity index (χ4v) is 2.18. The maximum Gasteiger partial charge on any atom is 0.0587 e. The molecular formula is C11H18N2O. The lowest BCUT2D eigenvalue weighted by Crippen LogP contribution is -2.32. The fourth-order valence-electron chi connectivity index (χ4n) is 2.18. The third-order valence-electron chi connectivity index (χ3n) is 3.13. The molecule has 2 heterocycles. The van der Waals surface area contributed by atoms with Gasteiger partial charge in [0.05, 0.1) is 6.61 Å². The van der Waals surface area contributed by atoms with Gasteiger partial charge in [-0.05, 0) is 31.5 Å². The molecule has 0 aliphatic carbocycles. The van der Waals surface area contributed by atoms with E-state index >= 15 is 0 Å². The highest BCUT2D eigenvalue weighted by Crippen LogP contribution is 2.19. The first-order valence-electron chi connectivity index (χ1n) is 5.26. The Kier molecular flexibility index (Phi) is 2.89. The second kappa shape index (κ2) is 4.15. The summed E-state index contributed by atoms with van der Waals surface area (Å²) in [5.74, 6) is 0. The summed E-state index contributed by atoms with van der Waals surface area (Å²) < 4.78 is 2.15. The van der Waals surface area contributed by atoms with Gasteiger partial charge in [-0.15, -0.1) is 0 Å². The van der Waals surface area contributed by atoms with E-state index in [0.717, 1.165) is 19.5 Å². The van der Waals surface area contributed by atoms with Crippen LogP contribution in [0, 0.1) is 0 Å². The summed E-state index contributed by atoms with van der Waals surface area (Å²) in [5.41, 5.74) is 1.32. The number of nitrogens with zero attached hydrogens (tertiary/aromatic N) is 2. The highest BCUT2D eigenvalue weighted by Gasteiger charge is 2.23. The Hall–Kier alpha value is -0.800. The number of aliphatic hydroxyl groups excluding tert-OH is 1. The van der Waals surface area contributed by atoms with Gasteiger partial charge < -0.3 is 9.67 Å². The number of rotatable bonds is 3. The largest absolute Gasteiger partial charge is 0.395 e. The molecule has 1 fully saturated rings. The minimum atomic E-state index is 0.296. The maximum atomic E-state index is 9.19. The lowest BCUT2D eigenvalue weighted by atomic mass is 10.2. The molecular weight excluding hydrogens is 176 g/mol. The van der Waals surface area contributed by atoms with Crippen LogP contribution < -0.4 is 0 Å². The van der Waals surface area contributed by atoms with Crippen LogP contribution in [-0.2, 0) is 13.6 Å². The van der Waals surface area contributed by atoms with Gasteiger partial charge in [-0.1, -0.05) is 0 Å². The number of aromatic nitrogens is 1. The van der Waals surface area contributed by atoms with Crippen molar-refractivity contribution in [3.8, 4) is 0 Å². The van der Waals surface area contributed by atoms with Crippen molar-refractivity contribution in [2.24, 2.45) is 7.05 Å². The predicted octanol–water partition coefficient (Wildman–Crippen LogP) is 0.982. The quantitative estimate of drug-likeness (QED) is 0.777. The van der Waals surface area contributed by atoms with Gasteiger partial charge in [-0.3, -0.25) is 4.90 Å². The zero-order valence-electron chi connectivity index (χ0n) is 8.69. The number of aryl methyl sites for hydroxylation is 1. The van der Waals surface area contributed by atoms with Gasteiger partial charge in [0, 0.05) is 31.5 Å². The van der Waals surface area contributed by atoms with Crippen LogP contribution in [0.4, 0.5) is 0 Å². The van der Waals surface area contributed by atoms with Crippen molar-refractivity contribution in [1.82, 2.24) is 9.47 Å². The van der Waals surface area contributed by atoms with E-state index in [2.05, 4.69) is 34.8 Å². The topological polar surface area (TPSA) is 28.4 Å². The van der Waals surface area contributed by atoms with Crippen LogP contribution in [0.15, 0.2) is 18.3 Å². The van der Waals surface area contributed by atoms with Crippen molar-refractivity contribution in [3.05, 3.63) is 24.0 Å². The van der Waals surface area contributed by atoms with Crippen LogP contribution in [0.3, 0.4) is 0 Å². The van der Waals surface area contributed by atoms with E-state index in [0.29, 0.717) is 12.6 Å². The smallest absolute Gasteiger partial charge is 0.0587 e. The van der Waals surface area contributed by atoms with Gasteiger partial charge >= 0.3 is 0 Å². The molecule has 0 saturated carbocycles. The van der Waals surface area contributed by atoms with E-state index in [-0.39, 0.29) is 0 Å². The Bertz CT molecular complexity index is 295. The summed E-state index contributed by atoms with van der Waals surface area (Å²) in [4.78, 5) is 2.37. The third kappa shape index (κ3) is 1.83. The van der Waals surface area contributed by atoms with Crippen molar-refractivity contribution in [2.45, 2.75) is 25.4 Å². The Labute approximate surface area is 85.0 Å². The Morgan fingerprint density at radius 1 is 1.57 bits per heavy atom. The second-order valence-corrected chi connectivity index (χ2v) is 4.06. The van der Waals surface area contributed by atoms with Crippen LogP contribution in [0.5, 0.6) is 0 Å². The predicted molar refractivity (Wildman–Crippen MR) is 55.9 cm³/mol. The highest BCUT2D eigenvalue weighted by atomic mass is 16.3. The molecule has 1 aliphatic rings. The van der Waals surface area contributed by atoms with Gasteiger partial charge in [0.25, 0.3) is 0 Å². The normalized spacial score (nSPS) is 23.1. The first-order valence-corrected chi connectivity index (χ1v) is 5.26. The fraction of sp³-hybridized carbons (Fsp3) is 0.636. The molecule has 0 amide bonds. The lowest BCUT2D eigenvalue weighted by Gasteiger charge is -2.22. The molecule has 1 unspecified atom stereocenters. The number of hydrogen-bond acceptors (Lipinski definition) is 2. The monoisotopic (exact) mass is 194 g/mol. The summed E-state index contributed by atoms with van der Waals surface area (Å²) in [6.45, 7) is 2.38. The Balaban J connectivity index is 2.00. The molecule has 0 radical (unpaired) electrons. The molecule has 14 heavy (non-hydrogen) atoms. The van der Waals surface area contributed by atoms with Gasteiger partial charge in [-0.25, -0.2) is 0 Å². The van der Waals surface area contributed by atoms with Crippen LogP contribution in [0.2, 0.25) is 0 Å². The molecule has 0 aromatic carbocycles. The first kappa shape index (κ1) is 9.74. The molecule has 1 aromatic heterocycles. The van der Waals surface area contributed by atoms with E-state index in [4.69, 9.17) is 0 Å². The molecule has 1 atom stereocenters. The summed E-state index contributed by atoms with van der Waals surface area (Å²) >= 11 is 0. The van der Waals surface area contributed by atoms with Gasteiger partial charge in [0.15, 0.2) is 0 Å². The molecule has 0 spiro atoms. The summed E-state index contributed by atoms with van der Waals surface area (Å²) in [5, 5.41) is 9.19. The van der Waals surface area contributed by atoms with Crippen molar-refractivity contribution in [1.29, 1.82) is 0 Å². The zero-order chi connectivity index (χ0) is 9.97. The van der Waals surface area contributed by atoms with Crippen LogP contribution in [0.1, 0.15) is 18.5 Å². The Morgan fingerprint density at radius 2 is 2.43 bits per heavy atom. The van der Waals surface area contributed by atoms with Crippen molar-refractivity contribution in [2.75, 3.05) is 13.2 Å². The maximum absolute atomic E-state index is 9.19. The van der Waals surface area contributed by atoms with Crippen molar-refractivity contribution < 1.29 is 5.11 Å². The molecule has 1 aliphatic heterocycles. The lowest BCUT2D eigenvalue weighted by molar-refractivity contribution is 0.151. The first-order chi connectivity index (χ1) is 6.81. The molecule has 3 nitrogen and oxygen atoms in total. The number of likely N-dealkylation sites (tertiary alicyclic amines) is 1. The second-order valence-electron chi connectivity index (χ2n) is 4.06. The molecule has 3 heteroatoms. The molecule has 0 bridgehead atoms. The van der Waals surface area contributed by atoms with Crippen LogP contribution >= 0.6 is 0 Å². The number of hydrogen-bond donors (Lipinski definition) is 1. The highest BCUT2D eigenvalue weighted by molar-refractivity contribution is 5.06. The standard InChI is InChI=1S/C11H18N2O/c1-12-6-2-4-10(12)8-13-7-3-5-11(13)9-14/h2,4,6,11,14H,3,5,7-9H2,1H3. The minimum absolute atomic E-state index is 0.296. The summed E-state index contributed by atoms with van der Waals surface area (Å²) in [7, 11) is 2.07. The van der Waals surface area contributed by atoms with E-state index < -0.39 is 0 Å². The van der Waals surface area contributed by atoms with Crippen LogP contribution in [0.25, 0.3) is 0 Å². The molecule has 1 aromatic rings. The van der Waals surface area contributed by atoms with Gasteiger partial charge in [-0.2, -0.15) is 0 Å². The summed E-state index contributed by atoms with van der Waals surface area (Å²) in [6, 6.07) is 4.59. The van der Waals surface area contributed by atoms with Crippen molar-refractivity contribution in [3.63, 3.8) is 0 Å². The minimum Gasteiger partial charge on any atom is -0.395 e. The average Bonchev–Trinajstić information content (AvgIpc) is 2.77. The molecule has 1 N–H and O–H groups in total. The molecule has 78 valence electrons. The van der Waals surface area contributed by atoms with Crippen LogP contribution in [-0.4, -0.2) is 33.8 Å².